The average molecular weight is 463 g/mol. The first-order valence-corrected chi connectivity index (χ1v) is 11.2. The Balaban J connectivity index is 1.47. The zero-order valence-corrected chi connectivity index (χ0v) is 19.6. The van der Waals surface area contributed by atoms with Crippen LogP contribution in [0.5, 0.6) is 11.5 Å². The Hall–Kier alpha value is -3.44. The molecular formula is C27H27ClN2O3. The molecule has 1 N–H and O–H groups in total. The molecule has 0 aliphatic carbocycles. The van der Waals surface area contributed by atoms with Crippen LogP contribution in [0.2, 0.25) is 5.02 Å². The number of hydrogen-bond acceptors (Lipinski definition) is 3. The monoisotopic (exact) mass is 462 g/mol. The number of benzene rings is 3. The van der Waals surface area contributed by atoms with Crippen molar-refractivity contribution >= 4 is 28.4 Å². The third kappa shape index (κ3) is 5.68. The summed E-state index contributed by atoms with van der Waals surface area (Å²) in [6.45, 7) is 1.23. The average Bonchev–Trinajstić information content (AvgIpc) is 3.17. The first kappa shape index (κ1) is 22.7. The highest BCUT2D eigenvalue weighted by Gasteiger charge is 2.13. The summed E-state index contributed by atoms with van der Waals surface area (Å²) in [5, 5.41) is 4.83. The number of nitrogens with zero attached hydrogens (tertiary/aromatic N) is 1. The second-order valence-corrected chi connectivity index (χ2v) is 8.36. The van der Waals surface area contributed by atoms with Crippen molar-refractivity contribution in [2.75, 3.05) is 20.8 Å². The molecule has 0 unspecified atom stereocenters. The van der Waals surface area contributed by atoms with E-state index in [1.807, 2.05) is 54.6 Å². The SMILES string of the molecule is COc1cc(Cn2cc(CC(=O)NCCc3ccc(Cl)cc3)c3ccccc32)cc(OC)c1. The van der Waals surface area contributed by atoms with Gasteiger partial charge in [-0.3, -0.25) is 4.79 Å². The largest absolute Gasteiger partial charge is 0.497 e. The molecule has 5 nitrogen and oxygen atoms in total. The summed E-state index contributed by atoms with van der Waals surface area (Å²) in [7, 11) is 3.29. The van der Waals surface area contributed by atoms with E-state index < -0.39 is 0 Å². The van der Waals surface area contributed by atoms with Gasteiger partial charge in [0.05, 0.1) is 20.6 Å². The highest BCUT2D eigenvalue weighted by Crippen LogP contribution is 2.26. The van der Waals surface area contributed by atoms with Crippen LogP contribution >= 0.6 is 11.6 Å². The number of halogens is 1. The molecule has 4 rings (SSSR count). The van der Waals surface area contributed by atoms with Crippen molar-refractivity contribution in [3.05, 3.63) is 94.6 Å². The lowest BCUT2D eigenvalue weighted by Crippen LogP contribution is -2.27. The Labute approximate surface area is 198 Å². The van der Waals surface area contributed by atoms with E-state index in [1.165, 1.54) is 0 Å². The number of fused-ring (bicyclic) bond motifs is 1. The van der Waals surface area contributed by atoms with Gasteiger partial charge >= 0.3 is 0 Å². The maximum Gasteiger partial charge on any atom is 0.224 e. The van der Waals surface area contributed by atoms with Crippen LogP contribution in [0.15, 0.2) is 72.9 Å². The molecular weight excluding hydrogens is 436 g/mol. The van der Waals surface area contributed by atoms with Crippen LogP contribution < -0.4 is 14.8 Å². The molecule has 0 aliphatic rings. The fraction of sp³-hybridized carbons (Fsp3) is 0.222. The van der Waals surface area contributed by atoms with Crippen LogP contribution in [0.1, 0.15) is 16.7 Å². The predicted molar refractivity (Wildman–Crippen MR) is 132 cm³/mol. The molecule has 0 radical (unpaired) electrons. The molecule has 1 heterocycles. The summed E-state index contributed by atoms with van der Waals surface area (Å²) >= 11 is 5.93. The summed E-state index contributed by atoms with van der Waals surface area (Å²) in [6, 6.07) is 21.7. The maximum atomic E-state index is 12.7. The molecule has 0 fully saturated rings. The second kappa shape index (κ2) is 10.5. The van der Waals surface area contributed by atoms with Gasteiger partial charge in [0, 0.05) is 41.3 Å². The Bertz CT molecular complexity index is 1230. The van der Waals surface area contributed by atoms with Crippen LogP contribution in [0.3, 0.4) is 0 Å². The van der Waals surface area contributed by atoms with Crippen LogP contribution in [0.25, 0.3) is 10.9 Å². The van der Waals surface area contributed by atoms with Crippen molar-refractivity contribution in [1.82, 2.24) is 9.88 Å². The molecule has 33 heavy (non-hydrogen) atoms. The molecule has 0 saturated heterocycles. The van der Waals surface area contributed by atoms with Crippen molar-refractivity contribution in [2.45, 2.75) is 19.4 Å². The van der Waals surface area contributed by atoms with Gasteiger partial charge in [-0.05, 0) is 53.4 Å². The lowest BCUT2D eigenvalue weighted by Gasteiger charge is -2.10. The Morgan fingerprint density at radius 1 is 0.939 bits per heavy atom. The summed E-state index contributed by atoms with van der Waals surface area (Å²) < 4.78 is 13.0. The summed E-state index contributed by atoms with van der Waals surface area (Å²) in [4.78, 5) is 12.7. The molecule has 1 aromatic heterocycles. The van der Waals surface area contributed by atoms with Gasteiger partial charge in [-0.15, -0.1) is 0 Å². The highest BCUT2D eigenvalue weighted by molar-refractivity contribution is 6.30. The quantitative estimate of drug-likeness (QED) is 0.369. The molecule has 0 atom stereocenters. The van der Waals surface area contributed by atoms with E-state index in [-0.39, 0.29) is 5.91 Å². The van der Waals surface area contributed by atoms with Crippen molar-refractivity contribution in [3.63, 3.8) is 0 Å². The third-order valence-corrected chi connectivity index (χ3v) is 5.89. The third-order valence-electron chi connectivity index (χ3n) is 5.64. The van der Waals surface area contributed by atoms with Crippen molar-refractivity contribution in [1.29, 1.82) is 0 Å². The number of nitrogens with one attached hydrogen (secondary N) is 1. The minimum absolute atomic E-state index is 0.00918. The lowest BCUT2D eigenvalue weighted by molar-refractivity contribution is -0.120. The molecule has 4 aromatic rings. The standard InChI is InChI=1S/C27H27ClN2O3/c1-32-23-13-20(14-24(16-23)33-2)17-30-18-21(25-5-3-4-6-26(25)30)15-27(31)29-12-11-19-7-9-22(28)10-8-19/h3-10,13-14,16,18H,11-12,15,17H2,1-2H3,(H,29,31). The highest BCUT2D eigenvalue weighted by atomic mass is 35.5. The van der Waals surface area contributed by atoms with Crippen LogP contribution in [-0.4, -0.2) is 31.2 Å². The fourth-order valence-electron chi connectivity index (χ4n) is 3.98. The number of carbonyl (C=O) groups excluding carboxylic acids is 1. The molecule has 0 aliphatic heterocycles. The molecule has 170 valence electrons. The van der Waals surface area contributed by atoms with Crippen LogP contribution in [0, 0.1) is 0 Å². The van der Waals surface area contributed by atoms with Gasteiger partial charge in [0.1, 0.15) is 11.5 Å². The summed E-state index contributed by atoms with van der Waals surface area (Å²) in [6.07, 6.45) is 3.16. The number of rotatable bonds is 9. The van der Waals surface area contributed by atoms with Gasteiger partial charge in [0.15, 0.2) is 0 Å². The molecule has 0 bridgehead atoms. The van der Waals surface area contributed by atoms with Crippen LogP contribution in [0.4, 0.5) is 0 Å². The van der Waals surface area contributed by atoms with Gasteiger partial charge < -0.3 is 19.4 Å². The van der Waals surface area contributed by atoms with E-state index in [4.69, 9.17) is 21.1 Å². The molecule has 3 aromatic carbocycles. The molecule has 6 heteroatoms. The number of ether oxygens (including phenoxy) is 2. The van der Waals surface area contributed by atoms with E-state index >= 15 is 0 Å². The normalized spacial score (nSPS) is 10.9. The molecule has 0 saturated carbocycles. The predicted octanol–water partition coefficient (Wildman–Crippen LogP) is 5.26. The van der Waals surface area contributed by atoms with Crippen molar-refractivity contribution < 1.29 is 14.3 Å². The topological polar surface area (TPSA) is 52.5 Å². The van der Waals surface area contributed by atoms with E-state index in [0.29, 0.717) is 24.5 Å². The second-order valence-electron chi connectivity index (χ2n) is 7.92. The molecule has 1 amide bonds. The van der Waals surface area contributed by atoms with E-state index in [2.05, 4.69) is 28.2 Å². The number of methoxy groups -OCH3 is 2. The first-order chi connectivity index (χ1) is 16.1. The van der Waals surface area contributed by atoms with Gasteiger partial charge in [-0.25, -0.2) is 0 Å². The van der Waals surface area contributed by atoms with Gasteiger partial charge in [-0.2, -0.15) is 0 Å². The Morgan fingerprint density at radius 3 is 2.33 bits per heavy atom. The number of aromatic nitrogens is 1. The fourth-order valence-corrected chi connectivity index (χ4v) is 4.11. The Morgan fingerprint density at radius 2 is 1.64 bits per heavy atom. The van der Waals surface area contributed by atoms with E-state index in [0.717, 1.165) is 45.5 Å². The van der Waals surface area contributed by atoms with E-state index in [9.17, 15) is 4.79 Å². The first-order valence-electron chi connectivity index (χ1n) is 10.9. The zero-order chi connectivity index (χ0) is 23.2. The van der Waals surface area contributed by atoms with Crippen molar-refractivity contribution in [3.8, 4) is 11.5 Å². The number of amides is 1. The Kier molecular flexibility index (Phi) is 7.20. The van der Waals surface area contributed by atoms with Gasteiger partial charge in [0.25, 0.3) is 0 Å². The molecule has 0 spiro atoms. The lowest BCUT2D eigenvalue weighted by atomic mass is 10.1. The maximum absolute atomic E-state index is 12.7. The van der Waals surface area contributed by atoms with Gasteiger partial charge in [-0.1, -0.05) is 41.9 Å². The smallest absolute Gasteiger partial charge is 0.224 e. The minimum Gasteiger partial charge on any atom is -0.497 e. The van der Waals surface area contributed by atoms with Crippen molar-refractivity contribution in [2.24, 2.45) is 0 Å². The summed E-state index contributed by atoms with van der Waals surface area (Å²) in [5.74, 6) is 1.51. The zero-order valence-electron chi connectivity index (χ0n) is 18.8. The number of hydrogen-bond donors (Lipinski definition) is 1. The number of carbonyl (C=O) groups is 1. The van der Waals surface area contributed by atoms with E-state index in [1.54, 1.807) is 14.2 Å². The van der Waals surface area contributed by atoms with Gasteiger partial charge in [0.2, 0.25) is 5.91 Å². The number of para-hydroxylation sites is 1. The minimum atomic E-state index is 0.00918. The van der Waals surface area contributed by atoms with Crippen LogP contribution in [-0.2, 0) is 24.2 Å². The summed E-state index contributed by atoms with van der Waals surface area (Å²) in [5.41, 5.74) is 4.30.